The van der Waals surface area contributed by atoms with Crippen LogP contribution in [0.15, 0.2) is 176 Å². The van der Waals surface area contributed by atoms with Gasteiger partial charge in [-0.2, -0.15) is 5.26 Å². The molecule has 0 aromatic heterocycles. The minimum absolute atomic E-state index is 0.0895. The van der Waals surface area contributed by atoms with Gasteiger partial charge < -0.3 is 47.4 Å². The number of ether oxygens (including phenoxy) is 10. The van der Waals surface area contributed by atoms with Gasteiger partial charge in [-0.1, -0.05) is 170 Å². The molecule has 10 atom stereocenters. The lowest BCUT2D eigenvalue weighted by Gasteiger charge is -2.49. The van der Waals surface area contributed by atoms with Crippen molar-refractivity contribution >= 4 is 5.97 Å². The van der Waals surface area contributed by atoms with Crippen molar-refractivity contribution in [2.45, 2.75) is 108 Å². The molecule has 358 valence electrons. The minimum Gasteiger partial charge on any atom is -0.456 e. The van der Waals surface area contributed by atoms with Crippen molar-refractivity contribution in [1.29, 1.82) is 5.26 Å². The summed E-state index contributed by atoms with van der Waals surface area (Å²) in [6.07, 6.45) is -9.10. The Morgan fingerprint density at radius 3 is 1.41 bits per heavy atom. The summed E-state index contributed by atoms with van der Waals surface area (Å²) in [6.45, 7) is 2.99. The standard InChI is InChI=1S/C57H59NO11/c1-40-50(68-49(59)32-46-30-18-19-31-47(46)33-58)52(62-35-42-22-10-4-11-23-42)55(65-38-45-28-16-7-17-29-45)57(66-40)69-51-48(39-61-34-41-20-8-3-9-21-41)67-56(60-2)54(64-37-44-26-14-6-15-27-44)53(51)63-36-43-24-12-5-13-25-43/h3-31,40,48,50-57H,32,34-39H2,1-2H3/t40-,48-,50-,51-,52+,53+,54-,55+,56+,57?/m1/s1. The molecule has 0 radical (unpaired) electrons. The van der Waals surface area contributed by atoms with Crippen LogP contribution in [0.5, 0.6) is 0 Å². The molecule has 0 aliphatic carbocycles. The molecule has 2 saturated heterocycles. The average Bonchev–Trinajstić information content (AvgIpc) is 3.39. The number of hydrogen-bond donors (Lipinski definition) is 0. The molecule has 2 aliphatic heterocycles. The number of esters is 1. The maximum Gasteiger partial charge on any atom is 0.310 e. The van der Waals surface area contributed by atoms with Crippen LogP contribution in [0.1, 0.15) is 45.9 Å². The van der Waals surface area contributed by atoms with Crippen LogP contribution in [-0.2, 0) is 91.6 Å². The highest BCUT2D eigenvalue weighted by Gasteiger charge is 2.54. The van der Waals surface area contributed by atoms with Crippen molar-refractivity contribution in [3.05, 3.63) is 215 Å². The fourth-order valence-electron chi connectivity index (χ4n) is 8.56. The summed E-state index contributed by atoms with van der Waals surface area (Å²) in [7, 11) is 1.58. The topological polar surface area (TPSA) is 133 Å². The smallest absolute Gasteiger partial charge is 0.310 e. The number of benzene rings is 6. The second kappa shape index (κ2) is 25.5. The fraction of sp³-hybridized carbons (Fsp3) is 0.333. The van der Waals surface area contributed by atoms with Crippen LogP contribution < -0.4 is 0 Å². The van der Waals surface area contributed by atoms with E-state index >= 15 is 0 Å². The van der Waals surface area contributed by atoms with E-state index in [-0.39, 0.29) is 39.5 Å². The van der Waals surface area contributed by atoms with Crippen molar-refractivity contribution in [3.8, 4) is 6.07 Å². The molecule has 2 heterocycles. The highest BCUT2D eigenvalue weighted by atomic mass is 16.8. The summed E-state index contributed by atoms with van der Waals surface area (Å²) in [6, 6.07) is 58.3. The number of rotatable bonds is 22. The van der Waals surface area contributed by atoms with Crippen LogP contribution in [0.4, 0.5) is 0 Å². The van der Waals surface area contributed by atoms with E-state index in [0.29, 0.717) is 17.7 Å². The van der Waals surface area contributed by atoms with E-state index in [9.17, 15) is 10.1 Å². The van der Waals surface area contributed by atoms with Crippen LogP contribution in [0.3, 0.4) is 0 Å². The lowest BCUT2D eigenvalue weighted by Crippen LogP contribution is -2.66. The van der Waals surface area contributed by atoms with Gasteiger partial charge in [0, 0.05) is 7.11 Å². The van der Waals surface area contributed by atoms with Crippen LogP contribution in [0, 0.1) is 11.3 Å². The van der Waals surface area contributed by atoms with Crippen molar-refractivity contribution < 1.29 is 52.2 Å². The van der Waals surface area contributed by atoms with Gasteiger partial charge in [0.2, 0.25) is 0 Å². The third kappa shape index (κ3) is 13.8. The van der Waals surface area contributed by atoms with Crippen LogP contribution in [0.2, 0.25) is 0 Å². The molecule has 12 nitrogen and oxygen atoms in total. The Bertz CT molecular complexity index is 2480. The molecule has 1 unspecified atom stereocenters. The lowest BCUT2D eigenvalue weighted by molar-refractivity contribution is -0.370. The summed E-state index contributed by atoms with van der Waals surface area (Å²) < 4.78 is 67.1. The van der Waals surface area contributed by atoms with Crippen molar-refractivity contribution in [1.82, 2.24) is 0 Å². The first kappa shape index (κ1) is 49.3. The first-order valence-corrected chi connectivity index (χ1v) is 23.4. The zero-order valence-corrected chi connectivity index (χ0v) is 38.9. The molecule has 0 bridgehead atoms. The van der Waals surface area contributed by atoms with Crippen LogP contribution in [0.25, 0.3) is 0 Å². The molecule has 0 N–H and O–H groups in total. The predicted molar refractivity (Wildman–Crippen MR) is 256 cm³/mol. The van der Waals surface area contributed by atoms with Crippen molar-refractivity contribution in [3.63, 3.8) is 0 Å². The van der Waals surface area contributed by atoms with E-state index in [0.717, 1.165) is 27.8 Å². The van der Waals surface area contributed by atoms with Gasteiger partial charge in [0.25, 0.3) is 0 Å². The Hall–Kier alpha value is -6.08. The first-order chi connectivity index (χ1) is 33.9. The Morgan fingerprint density at radius 2 is 0.928 bits per heavy atom. The molecular weight excluding hydrogens is 875 g/mol. The molecule has 6 aromatic rings. The Kier molecular flexibility index (Phi) is 18.2. The molecule has 0 saturated carbocycles. The highest BCUT2D eigenvalue weighted by Crippen LogP contribution is 2.36. The molecule has 12 heteroatoms. The maximum absolute atomic E-state index is 13.9. The van der Waals surface area contributed by atoms with Gasteiger partial charge in [0.1, 0.15) is 36.6 Å². The summed E-state index contributed by atoms with van der Waals surface area (Å²) in [5.74, 6) is -0.553. The number of nitrogens with zero attached hydrogens (tertiary/aromatic N) is 1. The van der Waals surface area contributed by atoms with Crippen molar-refractivity contribution in [2.75, 3.05) is 13.7 Å². The van der Waals surface area contributed by atoms with Crippen LogP contribution >= 0.6 is 0 Å². The van der Waals surface area contributed by atoms with Gasteiger partial charge in [0.15, 0.2) is 18.7 Å². The Balaban J connectivity index is 1.16. The molecule has 8 rings (SSSR count). The van der Waals surface area contributed by atoms with Gasteiger partial charge in [0.05, 0.1) is 63.8 Å². The zero-order chi connectivity index (χ0) is 47.6. The second-order valence-corrected chi connectivity index (χ2v) is 17.0. The molecule has 0 amide bonds. The van der Waals surface area contributed by atoms with E-state index in [1.54, 1.807) is 31.4 Å². The molecule has 2 aliphatic rings. The molecule has 0 spiro atoms. The first-order valence-electron chi connectivity index (χ1n) is 23.4. The molecule has 2 fully saturated rings. The van der Waals surface area contributed by atoms with E-state index in [2.05, 4.69) is 6.07 Å². The normalized spacial score (nSPS) is 24.5. The van der Waals surface area contributed by atoms with E-state index in [1.807, 2.05) is 159 Å². The number of carbonyl (C=O) groups is 1. The second-order valence-electron chi connectivity index (χ2n) is 17.0. The predicted octanol–water partition coefficient (Wildman–Crippen LogP) is 9.07. The minimum atomic E-state index is -1.14. The monoisotopic (exact) mass is 933 g/mol. The summed E-state index contributed by atoms with van der Waals surface area (Å²) in [5.41, 5.74) is 5.62. The Morgan fingerprint density at radius 1 is 0.507 bits per heavy atom. The molecular formula is C57H59NO11. The quantitative estimate of drug-likeness (QED) is 0.0602. The zero-order valence-electron chi connectivity index (χ0n) is 38.9. The number of carbonyl (C=O) groups excluding carboxylic acids is 1. The number of methoxy groups -OCH3 is 1. The summed E-state index contributed by atoms with van der Waals surface area (Å²) in [4.78, 5) is 13.9. The molecule has 6 aromatic carbocycles. The number of nitriles is 1. The maximum atomic E-state index is 13.9. The van der Waals surface area contributed by atoms with Gasteiger partial charge in [-0.3, -0.25) is 4.79 Å². The third-order valence-electron chi connectivity index (χ3n) is 12.1. The summed E-state index contributed by atoms with van der Waals surface area (Å²) >= 11 is 0. The number of hydrogen-bond acceptors (Lipinski definition) is 12. The average molecular weight is 934 g/mol. The van der Waals surface area contributed by atoms with E-state index < -0.39 is 67.4 Å². The van der Waals surface area contributed by atoms with Crippen molar-refractivity contribution in [2.24, 2.45) is 0 Å². The van der Waals surface area contributed by atoms with Gasteiger partial charge in [-0.05, 0) is 46.4 Å². The van der Waals surface area contributed by atoms with Crippen LogP contribution in [-0.4, -0.2) is 81.1 Å². The van der Waals surface area contributed by atoms with E-state index in [4.69, 9.17) is 47.4 Å². The van der Waals surface area contributed by atoms with Gasteiger partial charge >= 0.3 is 5.97 Å². The van der Waals surface area contributed by atoms with E-state index in [1.165, 1.54) is 0 Å². The summed E-state index contributed by atoms with van der Waals surface area (Å²) in [5, 5.41) is 9.81. The molecule has 69 heavy (non-hydrogen) atoms. The Labute approximate surface area is 404 Å². The van der Waals surface area contributed by atoms with Gasteiger partial charge in [-0.25, -0.2) is 0 Å². The van der Waals surface area contributed by atoms with Gasteiger partial charge in [-0.15, -0.1) is 0 Å². The lowest BCUT2D eigenvalue weighted by atomic mass is 9.96. The largest absolute Gasteiger partial charge is 0.456 e. The highest BCUT2D eigenvalue weighted by molar-refractivity contribution is 5.74. The fourth-order valence-corrected chi connectivity index (χ4v) is 8.56. The SMILES string of the molecule is CO[C@H]1O[C@H](COCc2ccccc2)[C@@H](OC2O[C@H](C)[C@@H](OC(=O)Cc3ccccc3C#N)[C@H](OCc3ccccc3)[C@@H]2OCc2ccccc2)[C@H](OCc2ccccc2)[C@H]1OCc1ccccc1. The third-order valence-corrected chi connectivity index (χ3v) is 12.1.